The molecule has 0 atom stereocenters. The summed E-state index contributed by atoms with van der Waals surface area (Å²) in [5.74, 6) is 0.193. The molecular weight excluding hydrogens is 373 g/mol. The number of nitrogens with zero attached hydrogens (tertiary/aromatic N) is 2. The van der Waals surface area contributed by atoms with Crippen LogP contribution >= 0.6 is 23.4 Å². The lowest BCUT2D eigenvalue weighted by Crippen LogP contribution is -2.14. The van der Waals surface area contributed by atoms with Crippen molar-refractivity contribution in [1.29, 1.82) is 0 Å². The Morgan fingerprint density at radius 2 is 1.88 bits per heavy atom. The highest BCUT2D eigenvalue weighted by atomic mass is 35.5. The van der Waals surface area contributed by atoms with Crippen LogP contribution < -0.4 is 5.32 Å². The predicted octanol–water partition coefficient (Wildman–Crippen LogP) is 4.98. The summed E-state index contributed by atoms with van der Waals surface area (Å²) in [6.45, 7) is 1.85. The molecule has 0 saturated heterocycles. The van der Waals surface area contributed by atoms with E-state index in [-0.39, 0.29) is 17.5 Å². The molecular formula is C19H15ClFN3OS. The number of anilines is 1. The van der Waals surface area contributed by atoms with E-state index in [1.54, 1.807) is 42.5 Å². The van der Waals surface area contributed by atoms with Gasteiger partial charge in [0.25, 0.3) is 0 Å². The molecule has 0 fully saturated rings. The first kappa shape index (κ1) is 18.4. The molecule has 132 valence electrons. The molecule has 1 heterocycles. The number of carbonyl (C=O) groups excluding carboxylic acids is 1. The summed E-state index contributed by atoms with van der Waals surface area (Å²) < 4.78 is 13.1. The van der Waals surface area contributed by atoms with Gasteiger partial charge in [-0.15, -0.1) is 0 Å². The second-order valence-electron chi connectivity index (χ2n) is 5.49. The molecule has 0 aliphatic carbocycles. The SMILES string of the molecule is Cc1cc(SCC(=O)Nc2ccccc2Cl)nc(-c2ccc(F)cc2)n1. The fraction of sp³-hybridized carbons (Fsp3) is 0.105. The second-order valence-corrected chi connectivity index (χ2v) is 6.90. The van der Waals surface area contributed by atoms with Crippen molar-refractivity contribution in [1.82, 2.24) is 9.97 Å². The molecule has 1 aromatic heterocycles. The van der Waals surface area contributed by atoms with Crippen molar-refractivity contribution in [2.45, 2.75) is 11.9 Å². The second kappa shape index (κ2) is 8.29. The van der Waals surface area contributed by atoms with E-state index in [4.69, 9.17) is 11.6 Å². The number of thioether (sulfide) groups is 1. The summed E-state index contributed by atoms with van der Waals surface area (Å²) in [5, 5.41) is 3.93. The monoisotopic (exact) mass is 387 g/mol. The van der Waals surface area contributed by atoms with Crippen LogP contribution in [0.3, 0.4) is 0 Å². The first-order valence-electron chi connectivity index (χ1n) is 7.80. The molecule has 4 nitrogen and oxygen atoms in total. The van der Waals surface area contributed by atoms with Gasteiger partial charge in [0.1, 0.15) is 10.8 Å². The molecule has 1 amide bonds. The van der Waals surface area contributed by atoms with Gasteiger partial charge in [0.2, 0.25) is 5.91 Å². The smallest absolute Gasteiger partial charge is 0.234 e. The Kier molecular flexibility index (Phi) is 5.85. The highest BCUT2D eigenvalue weighted by Crippen LogP contribution is 2.23. The number of para-hydroxylation sites is 1. The fourth-order valence-electron chi connectivity index (χ4n) is 2.23. The molecule has 0 aliphatic heterocycles. The van der Waals surface area contributed by atoms with E-state index in [0.717, 1.165) is 11.3 Å². The number of hydrogen-bond acceptors (Lipinski definition) is 4. The Bertz CT molecular complexity index is 934. The zero-order chi connectivity index (χ0) is 18.5. The van der Waals surface area contributed by atoms with Gasteiger partial charge in [-0.1, -0.05) is 35.5 Å². The van der Waals surface area contributed by atoms with Gasteiger partial charge in [-0.05, 0) is 49.4 Å². The van der Waals surface area contributed by atoms with Gasteiger partial charge in [-0.25, -0.2) is 14.4 Å². The van der Waals surface area contributed by atoms with E-state index in [9.17, 15) is 9.18 Å². The summed E-state index contributed by atoms with van der Waals surface area (Å²) in [6, 6.07) is 14.9. The summed E-state index contributed by atoms with van der Waals surface area (Å²) in [5.41, 5.74) is 2.07. The lowest BCUT2D eigenvalue weighted by Gasteiger charge is -2.08. The van der Waals surface area contributed by atoms with E-state index in [0.29, 0.717) is 21.6 Å². The Morgan fingerprint density at radius 1 is 1.15 bits per heavy atom. The maximum atomic E-state index is 13.1. The van der Waals surface area contributed by atoms with Crippen LogP contribution in [0.2, 0.25) is 5.02 Å². The van der Waals surface area contributed by atoms with E-state index in [1.807, 2.05) is 6.92 Å². The topological polar surface area (TPSA) is 54.9 Å². The number of aryl methyl sites for hydroxylation is 1. The number of aromatic nitrogens is 2. The number of hydrogen-bond donors (Lipinski definition) is 1. The molecule has 3 rings (SSSR count). The van der Waals surface area contributed by atoms with Gasteiger partial charge >= 0.3 is 0 Å². The molecule has 0 unspecified atom stereocenters. The first-order chi connectivity index (χ1) is 12.5. The van der Waals surface area contributed by atoms with Crippen molar-refractivity contribution >= 4 is 35.0 Å². The minimum atomic E-state index is -0.313. The van der Waals surface area contributed by atoms with Crippen LogP contribution in [0.5, 0.6) is 0 Å². The maximum Gasteiger partial charge on any atom is 0.234 e. The van der Waals surface area contributed by atoms with Crippen LogP contribution in [-0.4, -0.2) is 21.6 Å². The summed E-state index contributed by atoms with van der Waals surface area (Å²) in [4.78, 5) is 21.0. The molecule has 1 N–H and O–H groups in total. The largest absolute Gasteiger partial charge is 0.324 e. The maximum absolute atomic E-state index is 13.1. The van der Waals surface area contributed by atoms with Gasteiger partial charge < -0.3 is 5.32 Å². The average Bonchev–Trinajstić information content (AvgIpc) is 2.62. The third-order valence-corrected chi connectivity index (χ3v) is 4.67. The number of rotatable bonds is 5. The third-order valence-electron chi connectivity index (χ3n) is 3.43. The minimum absolute atomic E-state index is 0.178. The highest BCUT2D eigenvalue weighted by Gasteiger charge is 2.10. The standard InChI is InChI=1S/C19H15ClFN3OS/c1-12-10-18(24-19(22-12)13-6-8-14(21)9-7-13)26-11-17(25)23-16-5-3-2-4-15(16)20/h2-10H,11H2,1H3,(H,23,25). The lowest BCUT2D eigenvalue weighted by atomic mass is 10.2. The molecule has 0 spiro atoms. The number of benzene rings is 2. The average molecular weight is 388 g/mol. The quantitative estimate of drug-likeness (QED) is 0.495. The summed E-state index contributed by atoms with van der Waals surface area (Å²) >= 11 is 7.34. The third kappa shape index (κ3) is 4.80. The van der Waals surface area contributed by atoms with Crippen molar-refractivity contribution in [3.63, 3.8) is 0 Å². The Morgan fingerprint density at radius 3 is 2.62 bits per heavy atom. The van der Waals surface area contributed by atoms with Crippen molar-refractivity contribution in [2.75, 3.05) is 11.1 Å². The van der Waals surface area contributed by atoms with E-state index < -0.39 is 0 Å². The molecule has 7 heteroatoms. The highest BCUT2D eigenvalue weighted by molar-refractivity contribution is 7.99. The van der Waals surface area contributed by atoms with Gasteiger partial charge in [0.15, 0.2) is 5.82 Å². The van der Waals surface area contributed by atoms with Crippen LogP contribution in [-0.2, 0) is 4.79 Å². The Labute approximate surface area is 159 Å². The van der Waals surface area contributed by atoms with Crippen LogP contribution in [0, 0.1) is 12.7 Å². The van der Waals surface area contributed by atoms with Crippen LogP contribution in [0.15, 0.2) is 59.6 Å². The molecule has 3 aromatic rings. The Balaban J connectivity index is 1.69. The molecule has 0 radical (unpaired) electrons. The van der Waals surface area contributed by atoms with E-state index in [1.165, 1.54) is 23.9 Å². The predicted molar refractivity (Wildman–Crippen MR) is 103 cm³/mol. The number of halogens is 2. The number of amides is 1. The lowest BCUT2D eigenvalue weighted by molar-refractivity contribution is -0.113. The van der Waals surface area contributed by atoms with Crippen molar-refractivity contribution < 1.29 is 9.18 Å². The van der Waals surface area contributed by atoms with Crippen molar-refractivity contribution in [3.05, 3.63) is 71.1 Å². The number of carbonyl (C=O) groups is 1. The molecule has 0 aliphatic rings. The molecule has 0 saturated carbocycles. The van der Waals surface area contributed by atoms with Gasteiger partial charge in [-0.2, -0.15) is 0 Å². The van der Waals surface area contributed by atoms with Gasteiger partial charge in [-0.3, -0.25) is 4.79 Å². The minimum Gasteiger partial charge on any atom is -0.324 e. The molecule has 2 aromatic carbocycles. The van der Waals surface area contributed by atoms with E-state index >= 15 is 0 Å². The molecule has 0 bridgehead atoms. The van der Waals surface area contributed by atoms with Crippen molar-refractivity contribution in [2.24, 2.45) is 0 Å². The van der Waals surface area contributed by atoms with Crippen LogP contribution in [0.4, 0.5) is 10.1 Å². The van der Waals surface area contributed by atoms with Crippen molar-refractivity contribution in [3.8, 4) is 11.4 Å². The zero-order valence-electron chi connectivity index (χ0n) is 13.9. The Hall–Kier alpha value is -2.44. The van der Waals surface area contributed by atoms with Crippen LogP contribution in [0.1, 0.15) is 5.69 Å². The summed E-state index contributed by atoms with van der Waals surface area (Å²) in [6.07, 6.45) is 0. The zero-order valence-corrected chi connectivity index (χ0v) is 15.4. The number of nitrogens with one attached hydrogen (secondary N) is 1. The first-order valence-corrected chi connectivity index (χ1v) is 9.16. The fourth-order valence-corrected chi connectivity index (χ4v) is 3.17. The van der Waals surface area contributed by atoms with E-state index in [2.05, 4.69) is 15.3 Å². The van der Waals surface area contributed by atoms with Crippen LogP contribution in [0.25, 0.3) is 11.4 Å². The molecule has 26 heavy (non-hydrogen) atoms. The van der Waals surface area contributed by atoms with Gasteiger partial charge in [0, 0.05) is 11.3 Å². The normalized spacial score (nSPS) is 10.6. The summed E-state index contributed by atoms with van der Waals surface area (Å²) in [7, 11) is 0. The van der Waals surface area contributed by atoms with Gasteiger partial charge in [0.05, 0.1) is 16.5 Å².